The number of benzene rings is 1. The lowest BCUT2D eigenvalue weighted by Gasteiger charge is -2.11. The maximum Gasteiger partial charge on any atom is 0.160 e. The molecule has 1 aromatic carbocycles. The van der Waals surface area contributed by atoms with Gasteiger partial charge < -0.3 is 4.74 Å². The van der Waals surface area contributed by atoms with Gasteiger partial charge in [0, 0.05) is 17.0 Å². The molecule has 1 aliphatic rings. The molecule has 0 aliphatic carbocycles. The van der Waals surface area contributed by atoms with Gasteiger partial charge in [-0.1, -0.05) is 23.8 Å². The number of hydrogen-bond acceptors (Lipinski definition) is 2. The van der Waals surface area contributed by atoms with Gasteiger partial charge in [0.05, 0.1) is 0 Å². The van der Waals surface area contributed by atoms with Crippen molar-refractivity contribution in [2.24, 2.45) is 0 Å². The summed E-state index contributed by atoms with van der Waals surface area (Å²) in [6, 6.07) is 5.35. The summed E-state index contributed by atoms with van der Waals surface area (Å²) in [6.07, 6.45) is 4.88. The zero-order valence-electron chi connectivity index (χ0n) is 7.44. The summed E-state index contributed by atoms with van der Waals surface area (Å²) < 4.78 is 5.47. The van der Waals surface area contributed by atoms with Gasteiger partial charge in [-0.15, -0.1) is 0 Å². The number of carbonyl (C=O) groups excluding carboxylic acids is 1. The summed E-state index contributed by atoms with van der Waals surface area (Å²) in [5, 5.41) is 0.668. The first kappa shape index (κ1) is 9.28. The van der Waals surface area contributed by atoms with Crippen molar-refractivity contribution < 1.29 is 9.53 Å². The summed E-state index contributed by atoms with van der Waals surface area (Å²) in [6.45, 7) is 0. The summed E-state index contributed by atoms with van der Waals surface area (Å²) in [4.78, 5) is 10.6. The Hall–Kier alpha value is -1.28. The summed E-state index contributed by atoms with van der Waals surface area (Å²) in [5.74, 6) is 0.709. The molecule has 14 heavy (non-hydrogen) atoms. The van der Waals surface area contributed by atoms with Crippen LogP contribution in [0.4, 0.5) is 0 Å². The standard InChI is InChI=1S/C11H9ClO2/c12-9-4-5-11-8(6-9)2-1-3-10(7-13)14-11/h1-2,4-7,10H,3H2. The molecule has 1 heterocycles. The Morgan fingerprint density at radius 2 is 2.36 bits per heavy atom. The van der Waals surface area contributed by atoms with Gasteiger partial charge in [-0.05, 0) is 18.2 Å². The van der Waals surface area contributed by atoms with Gasteiger partial charge in [0.15, 0.2) is 12.4 Å². The Kier molecular flexibility index (Phi) is 2.55. The molecule has 0 N–H and O–H groups in total. The fourth-order valence-electron chi connectivity index (χ4n) is 1.38. The van der Waals surface area contributed by atoms with Crippen LogP contribution in [-0.4, -0.2) is 12.4 Å². The number of carbonyl (C=O) groups is 1. The molecule has 0 radical (unpaired) electrons. The molecule has 1 unspecified atom stereocenters. The molecule has 2 nitrogen and oxygen atoms in total. The van der Waals surface area contributed by atoms with Crippen molar-refractivity contribution in [3.05, 3.63) is 34.9 Å². The minimum atomic E-state index is -0.381. The van der Waals surface area contributed by atoms with Crippen LogP contribution in [0.15, 0.2) is 24.3 Å². The van der Waals surface area contributed by atoms with E-state index in [1.807, 2.05) is 18.2 Å². The SMILES string of the molecule is O=CC1CC=Cc2cc(Cl)ccc2O1. The lowest BCUT2D eigenvalue weighted by Crippen LogP contribution is -2.16. The lowest BCUT2D eigenvalue weighted by molar-refractivity contribution is -0.113. The molecule has 0 aromatic heterocycles. The first-order valence-electron chi connectivity index (χ1n) is 4.37. The lowest BCUT2D eigenvalue weighted by atomic mass is 10.2. The van der Waals surface area contributed by atoms with Crippen molar-refractivity contribution in [1.29, 1.82) is 0 Å². The van der Waals surface area contributed by atoms with E-state index < -0.39 is 0 Å². The average Bonchev–Trinajstić information content (AvgIpc) is 2.38. The maximum atomic E-state index is 10.6. The fraction of sp³-hybridized carbons (Fsp3) is 0.182. The number of halogens is 1. The first-order chi connectivity index (χ1) is 6.79. The molecule has 3 heteroatoms. The summed E-state index contributed by atoms with van der Waals surface area (Å²) >= 11 is 5.84. The Labute approximate surface area is 87.1 Å². The van der Waals surface area contributed by atoms with E-state index in [-0.39, 0.29) is 6.10 Å². The highest BCUT2D eigenvalue weighted by Crippen LogP contribution is 2.27. The molecule has 0 spiro atoms. The van der Waals surface area contributed by atoms with Crippen molar-refractivity contribution in [1.82, 2.24) is 0 Å². The smallest absolute Gasteiger partial charge is 0.160 e. The van der Waals surface area contributed by atoms with Gasteiger partial charge in [-0.3, -0.25) is 4.79 Å². The fourth-order valence-corrected chi connectivity index (χ4v) is 1.56. The monoisotopic (exact) mass is 208 g/mol. The molecule has 2 rings (SSSR count). The van der Waals surface area contributed by atoms with Gasteiger partial charge >= 0.3 is 0 Å². The number of rotatable bonds is 1. The van der Waals surface area contributed by atoms with Crippen LogP contribution in [0.25, 0.3) is 6.08 Å². The van der Waals surface area contributed by atoms with E-state index >= 15 is 0 Å². The van der Waals surface area contributed by atoms with E-state index in [1.165, 1.54) is 0 Å². The van der Waals surface area contributed by atoms with E-state index in [2.05, 4.69) is 0 Å². The average molecular weight is 209 g/mol. The summed E-state index contributed by atoms with van der Waals surface area (Å²) in [7, 11) is 0. The molecule has 1 aromatic rings. The van der Waals surface area contributed by atoms with E-state index in [4.69, 9.17) is 16.3 Å². The molecule has 0 saturated heterocycles. The molecular weight excluding hydrogens is 200 g/mol. The molecule has 1 aliphatic heterocycles. The van der Waals surface area contributed by atoms with Crippen LogP contribution in [-0.2, 0) is 4.79 Å². The van der Waals surface area contributed by atoms with E-state index in [9.17, 15) is 4.79 Å². The van der Waals surface area contributed by atoms with Gasteiger partial charge in [0.25, 0.3) is 0 Å². The van der Waals surface area contributed by atoms with Crippen LogP contribution in [0.3, 0.4) is 0 Å². The van der Waals surface area contributed by atoms with Crippen molar-refractivity contribution in [3.63, 3.8) is 0 Å². The number of fused-ring (bicyclic) bond motifs is 1. The minimum absolute atomic E-state index is 0.381. The molecule has 0 fully saturated rings. The third-order valence-corrected chi connectivity index (χ3v) is 2.30. The van der Waals surface area contributed by atoms with Crippen LogP contribution in [0, 0.1) is 0 Å². The molecule has 1 atom stereocenters. The van der Waals surface area contributed by atoms with Crippen LogP contribution < -0.4 is 4.74 Å². The van der Waals surface area contributed by atoms with E-state index in [0.29, 0.717) is 17.2 Å². The quantitative estimate of drug-likeness (QED) is 0.664. The minimum Gasteiger partial charge on any atom is -0.482 e. The van der Waals surface area contributed by atoms with Crippen molar-refractivity contribution in [2.75, 3.05) is 0 Å². The van der Waals surface area contributed by atoms with Gasteiger partial charge in [-0.2, -0.15) is 0 Å². The molecule has 0 saturated carbocycles. The zero-order valence-corrected chi connectivity index (χ0v) is 8.20. The highest BCUT2D eigenvalue weighted by atomic mass is 35.5. The van der Waals surface area contributed by atoms with Crippen LogP contribution in [0.2, 0.25) is 5.02 Å². The first-order valence-corrected chi connectivity index (χ1v) is 4.75. The van der Waals surface area contributed by atoms with Crippen molar-refractivity contribution in [2.45, 2.75) is 12.5 Å². The van der Waals surface area contributed by atoms with Gasteiger partial charge in [0.2, 0.25) is 0 Å². The predicted molar refractivity (Wildman–Crippen MR) is 55.6 cm³/mol. The number of hydrogen-bond donors (Lipinski definition) is 0. The zero-order chi connectivity index (χ0) is 9.97. The van der Waals surface area contributed by atoms with Gasteiger partial charge in [-0.25, -0.2) is 0 Å². The highest BCUT2D eigenvalue weighted by Gasteiger charge is 2.13. The van der Waals surface area contributed by atoms with Crippen LogP contribution in [0.1, 0.15) is 12.0 Å². The second-order valence-corrected chi connectivity index (χ2v) is 3.55. The van der Waals surface area contributed by atoms with E-state index in [0.717, 1.165) is 11.8 Å². The molecule has 72 valence electrons. The molecule has 0 amide bonds. The summed E-state index contributed by atoms with van der Waals surface area (Å²) in [5.41, 5.74) is 0.918. The number of aldehydes is 1. The topological polar surface area (TPSA) is 26.3 Å². The highest BCUT2D eigenvalue weighted by molar-refractivity contribution is 6.30. The van der Waals surface area contributed by atoms with Crippen molar-refractivity contribution >= 4 is 24.0 Å². The molecular formula is C11H9ClO2. The largest absolute Gasteiger partial charge is 0.482 e. The third kappa shape index (κ3) is 1.80. The second kappa shape index (κ2) is 3.84. The maximum absolute atomic E-state index is 10.6. The Balaban J connectivity index is 2.39. The Morgan fingerprint density at radius 3 is 3.14 bits per heavy atom. The second-order valence-electron chi connectivity index (χ2n) is 3.11. The third-order valence-electron chi connectivity index (χ3n) is 2.07. The van der Waals surface area contributed by atoms with Crippen LogP contribution >= 0.6 is 11.6 Å². The van der Waals surface area contributed by atoms with Crippen molar-refractivity contribution in [3.8, 4) is 5.75 Å². The Bertz CT molecular complexity index is 385. The van der Waals surface area contributed by atoms with Gasteiger partial charge in [0.1, 0.15) is 5.75 Å². The van der Waals surface area contributed by atoms with E-state index in [1.54, 1.807) is 12.1 Å². The molecule has 0 bridgehead atoms. The predicted octanol–water partition coefficient (Wildman–Crippen LogP) is 2.70. The Morgan fingerprint density at radius 1 is 1.50 bits per heavy atom. The van der Waals surface area contributed by atoms with Crippen LogP contribution in [0.5, 0.6) is 5.75 Å². The normalized spacial score (nSPS) is 19.4. The number of ether oxygens (including phenoxy) is 1.